The minimum Gasteiger partial charge on any atom is -0.480 e. The van der Waals surface area contributed by atoms with Crippen molar-refractivity contribution in [1.29, 1.82) is 0 Å². The van der Waals surface area contributed by atoms with E-state index in [-0.39, 0.29) is 5.69 Å². The fraction of sp³-hybridized carbons (Fsp3) is 0.417. The molecule has 1 amide bonds. The third-order valence-corrected chi connectivity index (χ3v) is 3.08. The van der Waals surface area contributed by atoms with Crippen LogP contribution in [0.3, 0.4) is 0 Å². The minimum atomic E-state index is -1.02. The zero-order chi connectivity index (χ0) is 13.5. The predicted molar refractivity (Wildman–Crippen MR) is 70.9 cm³/mol. The number of carbonyl (C=O) groups is 2. The van der Waals surface area contributed by atoms with E-state index in [0.717, 1.165) is 5.56 Å². The molecule has 5 nitrogen and oxygen atoms in total. The highest BCUT2D eigenvalue weighted by Gasteiger charge is 2.21. The van der Waals surface area contributed by atoms with E-state index < -0.39 is 17.9 Å². The molecule has 1 aromatic rings. The Labute approximate surface area is 110 Å². The highest BCUT2D eigenvalue weighted by molar-refractivity contribution is 7.98. The zero-order valence-electron chi connectivity index (χ0n) is 10.3. The number of nitrogens with zero attached hydrogens (tertiary/aromatic N) is 1. The van der Waals surface area contributed by atoms with Crippen LogP contribution in [0.15, 0.2) is 18.3 Å². The summed E-state index contributed by atoms with van der Waals surface area (Å²) < 4.78 is 0. The van der Waals surface area contributed by atoms with Gasteiger partial charge in [0, 0.05) is 6.20 Å². The highest BCUT2D eigenvalue weighted by Crippen LogP contribution is 2.06. The molecule has 1 heterocycles. The van der Waals surface area contributed by atoms with Gasteiger partial charge in [-0.15, -0.1) is 0 Å². The Hall–Kier alpha value is -1.56. The second kappa shape index (κ2) is 7.00. The van der Waals surface area contributed by atoms with Crippen molar-refractivity contribution in [2.24, 2.45) is 0 Å². The number of carbonyl (C=O) groups excluding carboxylic acids is 1. The van der Waals surface area contributed by atoms with Gasteiger partial charge in [-0.3, -0.25) is 9.78 Å². The Balaban J connectivity index is 2.72. The Morgan fingerprint density at radius 2 is 2.28 bits per heavy atom. The second-order valence-electron chi connectivity index (χ2n) is 3.81. The van der Waals surface area contributed by atoms with Gasteiger partial charge in [-0.05, 0) is 37.0 Å². The normalized spacial score (nSPS) is 11.9. The molecule has 0 bridgehead atoms. The number of rotatable bonds is 6. The van der Waals surface area contributed by atoms with E-state index in [0.29, 0.717) is 12.2 Å². The number of carboxylic acids is 1. The van der Waals surface area contributed by atoms with Gasteiger partial charge in [0.2, 0.25) is 0 Å². The summed E-state index contributed by atoms with van der Waals surface area (Å²) in [6.07, 6.45) is 3.80. The van der Waals surface area contributed by atoms with Gasteiger partial charge in [0.1, 0.15) is 11.7 Å². The van der Waals surface area contributed by atoms with Crippen LogP contribution in [0.25, 0.3) is 0 Å². The van der Waals surface area contributed by atoms with Crippen molar-refractivity contribution in [3.63, 3.8) is 0 Å². The van der Waals surface area contributed by atoms with Crippen molar-refractivity contribution in [1.82, 2.24) is 10.3 Å². The number of aryl methyl sites for hydroxylation is 1. The molecule has 0 aliphatic carbocycles. The Morgan fingerprint density at radius 1 is 1.56 bits per heavy atom. The summed E-state index contributed by atoms with van der Waals surface area (Å²) in [5.41, 5.74) is 0.997. The predicted octanol–water partition coefficient (Wildman–Crippen LogP) is 1.33. The number of thioether (sulfide) groups is 1. The van der Waals surface area contributed by atoms with Gasteiger partial charge in [0.25, 0.3) is 5.91 Å². The highest BCUT2D eigenvalue weighted by atomic mass is 32.2. The first kappa shape index (κ1) is 14.5. The molecule has 1 aromatic heterocycles. The lowest BCUT2D eigenvalue weighted by Gasteiger charge is -2.14. The smallest absolute Gasteiger partial charge is 0.326 e. The molecule has 0 spiro atoms. The molecule has 6 heteroatoms. The van der Waals surface area contributed by atoms with Crippen molar-refractivity contribution in [2.45, 2.75) is 19.4 Å². The number of aliphatic carboxylic acids is 1. The number of carboxylic acid groups (broad SMARTS) is 1. The average Bonchev–Trinajstić information content (AvgIpc) is 2.34. The third kappa shape index (κ3) is 4.03. The van der Waals surface area contributed by atoms with Crippen LogP contribution < -0.4 is 5.32 Å². The molecule has 1 atom stereocenters. The van der Waals surface area contributed by atoms with Crippen LogP contribution in [0.4, 0.5) is 0 Å². The summed E-state index contributed by atoms with van der Waals surface area (Å²) in [5.74, 6) is -0.786. The van der Waals surface area contributed by atoms with E-state index in [1.165, 1.54) is 6.20 Å². The molecule has 0 saturated carbocycles. The third-order valence-electron chi connectivity index (χ3n) is 2.44. The molecule has 0 aromatic carbocycles. The number of aromatic nitrogens is 1. The summed E-state index contributed by atoms with van der Waals surface area (Å²) in [6.45, 7) is 1.76. The quantitative estimate of drug-likeness (QED) is 0.813. The van der Waals surface area contributed by atoms with Crippen LogP contribution in [-0.4, -0.2) is 40.0 Å². The monoisotopic (exact) mass is 268 g/mol. The largest absolute Gasteiger partial charge is 0.480 e. The first-order valence-corrected chi connectivity index (χ1v) is 6.90. The average molecular weight is 268 g/mol. The first-order valence-electron chi connectivity index (χ1n) is 5.50. The van der Waals surface area contributed by atoms with Crippen molar-refractivity contribution < 1.29 is 14.7 Å². The van der Waals surface area contributed by atoms with Crippen molar-refractivity contribution >= 4 is 23.6 Å². The summed E-state index contributed by atoms with van der Waals surface area (Å²) in [6, 6.07) is 2.63. The lowest BCUT2D eigenvalue weighted by molar-refractivity contribution is -0.139. The molecular formula is C12H16N2O3S. The van der Waals surface area contributed by atoms with E-state index in [1.807, 2.05) is 6.26 Å². The van der Waals surface area contributed by atoms with Gasteiger partial charge >= 0.3 is 5.97 Å². The maximum atomic E-state index is 11.9. The SMILES string of the molecule is CSCC[C@@H](NC(=O)c1ncccc1C)C(=O)O. The van der Waals surface area contributed by atoms with Gasteiger partial charge in [0.05, 0.1) is 0 Å². The van der Waals surface area contributed by atoms with Gasteiger partial charge < -0.3 is 10.4 Å². The molecule has 98 valence electrons. The standard InChI is InChI=1S/C12H16N2O3S/c1-8-4-3-6-13-10(8)11(15)14-9(12(16)17)5-7-18-2/h3-4,6,9H,5,7H2,1-2H3,(H,14,15)(H,16,17)/t9-/m1/s1. The van der Waals surface area contributed by atoms with Crippen LogP contribution >= 0.6 is 11.8 Å². The summed E-state index contributed by atoms with van der Waals surface area (Å²) in [4.78, 5) is 26.9. The minimum absolute atomic E-state index is 0.271. The zero-order valence-corrected chi connectivity index (χ0v) is 11.2. The second-order valence-corrected chi connectivity index (χ2v) is 4.80. The van der Waals surface area contributed by atoms with Crippen molar-refractivity contribution in [2.75, 3.05) is 12.0 Å². The number of hydrogen-bond acceptors (Lipinski definition) is 4. The topological polar surface area (TPSA) is 79.3 Å². The summed E-state index contributed by atoms with van der Waals surface area (Å²) in [7, 11) is 0. The van der Waals surface area contributed by atoms with Crippen LogP contribution in [0.1, 0.15) is 22.5 Å². The van der Waals surface area contributed by atoms with Crippen molar-refractivity contribution in [3.8, 4) is 0 Å². The van der Waals surface area contributed by atoms with Crippen molar-refractivity contribution in [3.05, 3.63) is 29.6 Å². The Bertz CT molecular complexity index is 437. The van der Waals surface area contributed by atoms with E-state index in [1.54, 1.807) is 30.8 Å². The lowest BCUT2D eigenvalue weighted by atomic mass is 10.2. The fourth-order valence-corrected chi connectivity index (χ4v) is 1.91. The summed E-state index contributed by atoms with van der Waals surface area (Å²) >= 11 is 1.54. The van der Waals surface area contributed by atoms with Crippen LogP contribution in [0, 0.1) is 6.92 Å². The van der Waals surface area contributed by atoms with Gasteiger partial charge in [-0.2, -0.15) is 11.8 Å². The van der Waals surface area contributed by atoms with E-state index >= 15 is 0 Å². The molecule has 1 rings (SSSR count). The first-order chi connectivity index (χ1) is 8.56. The number of pyridine rings is 1. The van der Waals surface area contributed by atoms with E-state index in [9.17, 15) is 9.59 Å². The number of amides is 1. The Morgan fingerprint density at radius 3 is 2.83 bits per heavy atom. The molecule has 2 N–H and O–H groups in total. The van der Waals surface area contributed by atoms with Gasteiger partial charge in [-0.25, -0.2) is 4.79 Å². The summed E-state index contributed by atoms with van der Waals surface area (Å²) in [5, 5.41) is 11.5. The number of nitrogens with one attached hydrogen (secondary N) is 1. The Kier molecular flexibility index (Phi) is 5.64. The maximum absolute atomic E-state index is 11.9. The molecule has 18 heavy (non-hydrogen) atoms. The maximum Gasteiger partial charge on any atom is 0.326 e. The molecule has 0 saturated heterocycles. The van der Waals surface area contributed by atoms with Gasteiger partial charge in [-0.1, -0.05) is 6.07 Å². The fourth-order valence-electron chi connectivity index (χ4n) is 1.44. The van der Waals surface area contributed by atoms with E-state index in [2.05, 4.69) is 10.3 Å². The molecule has 0 aliphatic rings. The van der Waals surface area contributed by atoms with Gasteiger partial charge in [0.15, 0.2) is 0 Å². The molecular weight excluding hydrogens is 252 g/mol. The van der Waals surface area contributed by atoms with E-state index in [4.69, 9.17) is 5.11 Å². The van der Waals surface area contributed by atoms with Crippen LogP contribution in [0.5, 0.6) is 0 Å². The molecule has 0 fully saturated rings. The van der Waals surface area contributed by atoms with Crippen LogP contribution in [0.2, 0.25) is 0 Å². The number of hydrogen-bond donors (Lipinski definition) is 2. The molecule has 0 aliphatic heterocycles. The molecule has 0 unspecified atom stereocenters. The molecule has 0 radical (unpaired) electrons. The van der Waals surface area contributed by atoms with Crippen LogP contribution in [-0.2, 0) is 4.79 Å². The lowest BCUT2D eigenvalue weighted by Crippen LogP contribution is -2.41.